The van der Waals surface area contributed by atoms with Gasteiger partial charge in [0.2, 0.25) is 12.7 Å². The van der Waals surface area contributed by atoms with E-state index in [1.807, 2.05) is 69.7 Å². The summed E-state index contributed by atoms with van der Waals surface area (Å²) >= 11 is 0. The van der Waals surface area contributed by atoms with Gasteiger partial charge in [0.1, 0.15) is 69.3 Å². The van der Waals surface area contributed by atoms with Crippen LogP contribution in [0.15, 0.2) is 37.4 Å². The van der Waals surface area contributed by atoms with Crippen LogP contribution in [0.1, 0.15) is 26.7 Å². The van der Waals surface area contributed by atoms with E-state index in [-0.39, 0.29) is 38.8 Å². The molecule has 3 N–H and O–H groups in total. The van der Waals surface area contributed by atoms with Crippen molar-refractivity contribution in [2.75, 3.05) is 33.0 Å². The van der Waals surface area contributed by atoms with E-state index in [2.05, 4.69) is 0 Å². The number of aromatic nitrogens is 4. The summed E-state index contributed by atoms with van der Waals surface area (Å²) in [6, 6.07) is 0. The fourth-order valence-electron chi connectivity index (χ4n) is 3.35. The molecule has 2 rings (SSSR count). The third-order valence-electron chi connectivity index (χ3n) is 5.41. The molecule has 2 heterocycles. The van der Waals surface area contributed by atoms with Crippen molar-refractivity contribution in [3.8, 4) is 0 Å². The van der Waals surface area contributed by atoms with Crippen molar-refractivity contribution >= 4 is 5.78 Å². The van der Waals surface area contributed by atoms with Crippen molar-refractivity contribution in [3.05, 3.63) is 37.4 Å². The summed E-state index contributed by atoms with van der Waals surface area (Å²) in [5.41, 5.74) is 0. The summed E-state index contributed by atoms with van der Waals surface area (Å²) < 4.78 is 24.3. The van der Waals surface area contributed by atoms with Crippen LogP contribution in [-0.2, 0) is 45.7 Å². The molecule has 0 aliphatic heterocycles. The van der Waals surface area contributed by atoms with Crippen LogP contribution in [0.25, 0.3) is 0 Å². The van der Waals surface area contributed by atoms with Crippen LogP contribution in [0.2, 0.25) is 0 Å². The minimum Gasteiger partial charge on any atom is -0.391 e. The third-order valence-corrected chi connectivity index (χ3v) is 5.41. The Balaban J connectivity index is 1.72. The minimum atomic E-state index is -0.749. The summed E-state index contributed by atoms with van der Waals surface area (Å²) in [6.45, 7) is 5.49. The average Bonchev–Trinajstić information content (AvgIpc) is 3.44. The van der Waals surface area contributed by atoms with E-state index >= 15 is 0 Å². The third kappa shape index (κ3) is 11.9. The van der Waals surface area contributed by atoms with E-state index in [1.54, 1.807) is 6.92 Å². The van der Waals surface area contributed by atoms with Gasteiger partial charge < -0.3 is 29.5 Å². The predicted octanol–water partition coefficient (Wildman–Crippen LogP) is -1.01. The van der Waals surface area contributed by atoms with Gasteiger partial charge in [-0.25, -0.2) is 18.3 Å². The van der Waals surface area contributed by atoms with E-state index in [1.165, 1.54) is 0 Å². The number of aryl methyl sites for hydroxylation is 1. The van der Waals surface area contributed by atoms with Crippen LogP contribution >= 0.6 is 0 Å². The van der Waals surface area contributed by atoms with Crippen LogP contribution in [0.5, 0.6) is 0 Å². The lowest BCUT2D eigenvalue weighted by atomic mass is 10.3. The van der Waals surface area contributed by atoms with Gasteiger partial charge in [-0.1, -0.05) is 13.8 Å². The summed E-state index contributed by atoms with van der Waals surface area (Å²) in [6.07, 6.45) is 9.92. The highest BCUT2D eigenvalue weighted by Gasteiger charge is 2.18. The van der Waals surface area contributed by atoms with E-state index in [0.29, 0.717) is 32.5 Å². The second-order valence-corrected chi connectivity index (χ2v) is 8.85. The van der Waals surface area contributed by atoms with E-state index < -0.39 is 24.4 Å². The van der Waals surface area contributed by atoms with Crippen LogP contribution in [0, 0.1) is 0 Å². The maximum atomic E-state index is 11.6. The normalized spacial score (nSPS) is 15.1. The molecule has 198 valence electrons. The first-order valence-corrected chi connectivity index (χ1v) is 12.2. The topological polar surface area (TPSA) is 123 Å². The van der Waals surface area contributed by atoms with Crippen molar-refractivity contribution < 1.29 is 43.5 Å². The summed E-state index contributed by atoms with van der Waals surface area (Å²) in [5, 5.41) is 30.3. The van der Waals surface area contributed by atoms with Gasteiger partial charge >= 0.3 is 0 Å². The quantitative estimate of drug-likeness (QED) is 0.212. The molecule has 4 unspecified atom stereocenters. The van der Waals surface area contributed by atoms with Crippen LogP contribution in [-0.4, -0.2) is 87.7 Å². The van der Waals surface area contributed by atoms with E-state index in [4.69, 9.17) is 14.2 Å². The van der Waals surface area contributed by atoms with E-state index in [9.17, 15) is 20.1 Å². The SMILES string of the molecule is CCC(=O)COC(COCC(O)CC)COCC(O)Cn1cc[n+](CC(O)Cn2cc[n+](C)c2)c1. The van der Waals surface area contributed by atoms with Gasteiger partial charge in [0.15, 0.2) is 5.78 Å². The molecule has 0 amide bonds. The lowest BCUT2D eigenvalue weighted by Crippen LogP contribution is -2.40. The number of aliphatic hydroxyl groups excluding tert-OH is 3. The fraction of sp³-hybridized carbons (Fsp3) is 0.708. The monoisotopic (exact) mass is 498 g/mol. The zero-order valence-corrected chi connectivity index (χ0v) is 21.1. The maximum absolute atomic E-state index is 11.6. The molecular formula is C24H42N4O7+2. The highest BCUT2D eigenvalue weighted by molar-refractivity contribution is 5.79. The van der Waals surface area contributed by atoms with Gasteiger partial charge in [0, 0.05) is 6.42 Å². The van der Waals surface area contributed by atoms with Crippen LogP contribution in [0.3, 0.4) is 0 Å². The number of Topliss-reactive ketones (excluding diaryl/α,β-unsaturated/α-hetero) is 1. The molecule has 2 aromatic heterocycles. The summed E-state index contributed by atoms with van der Waals surface area (Å²) in [4.78, 5) is 11.6. The Morgan fingerprint density at radius 3 is 2.14 bits per heavy atom. The first-order chi connectivity index (χ1) is 16.8. The minimum absolute atomic E-state index is 0.0166. The number of hydrogen-bond acceptors (Lipinski definition) is 7. The predicted molar refractivity (Wildman–Crippen MR) is 125 cm³/mol. The van der Waals surface area contributed by atoms with Crippen LogP contribution in [0.4, 0.5) is 0 Å². The second kappa shape index (κ2) is 15.8. The average molecular weight is 499 g/mol. The Kier molecular flexibility index (Phi) is 13.1. The number of ketones is 1. The largest absolute Gasteiger partial charge is 0.391 e. The molecule has 11 heteroatoms. The zero-order valence-electron chi connectivity index (χ0n) is 21.1. The summed E-state index contributed by atoms with van der Waals surface area (Å²) in [7, 11) is 1.93. The number of aliphatic hydroxyl groups is 3. The molecule has 4 atom stereocenters. The second-order valence-electron chi connectivity index (χ2n) is 8.85. The maximum Gasteiger partial charge on any atom is 0.243 e. The van der Waals surface area contributed by atoms with Gasteiger partial charge in [0.25, 0.3) is 0 Å². The Labute approximate surface area is 207 Å². The Hall–Kier alpha value is -2.15. The number of nitrogens with zero attached hydrogens (tertiary/aromatic N) is 4. The first kappa shape index (κ1) is 29.1. The van der Waals surface area contributed by atoms with Crippen LogP contribution < -0.4 is 9.13 Å². The molecule has 0 saturated carbocycles. The lowest BCUT2D eigenvalue weighted by Gasteiger charge is -2.19. The Morgan fingerprint density at radius 1 is 0.886 bits per heavy atom. The van der Waals surface area contributed by atoms with Crippen molar-refractivity contribution in [2.24, 2.45) is 7.05 Å². The number of carbonyl (C=O) groups excluding carboxylic acids is 1. The molecule has 0 aliphatic carbocycles. The van der Waals surface area contributed by atoms with Crippen molar-refractivity contribution in [3.63, 3.8) is 0 Å². The number of hydrogen-bond donors (Lipinski definition) is 3. The molecule has 0 bridgehead atoms. The molecule has 0 aliphatic rings. The molecule has 0 radical (unpaired) electrons. The highest BCUT2D eigenvalue weighted by Crippen LogP contribution is 2.01. The highest BCUT2D eigenvalue weighted by atomic mass is 16.6. The summed E-state index contributed by atoms with van der Waals surface area (Å²) in [5.74, 6) is -0.0166. The fourth-order valence-corrected chi connectivity index (χ4v) is 3.35. The van der Waals surface area contributed by atoms with Crippen molar-refractivity contribution in [1.82, 2.24) is 9.13 Å². The first-order valence-electron chi connectivity index (χ1n) is 12.2. The standard InChI is InChI=1S/C24H42N4O7/c1-4-20(29)13-33-16-24(35-15-21(30)5-2)17-34-14-23(32)12-28-9-8-27(19-28)11-22(31)10-26-7-6-25(3)18-26/h6-9,18-20,22-24,29,31-32H,4-5,10-17H2,1-3H3/q+2. The number of imidazole rings is 2. The van der Waals surface area contributed by atoms with Gasteiger partial charge in [-0.2, -0.15) is 0 Å². The molecule has 0 spiro atoms. The van der Waals surface area contributed by atoms with Gasteiger partial charge in [0.05, 0.1) is 39.6 Å². The Morgan fingerprint density at radius 2 is 1.51 bits per heavy atom. The molecule has 0 saturated heterocycles. The number of rotatable bonds is 19. The Bertz CT molecular complexity index is 857. The molecule has 11 nitrogen and oxygen atoms in total. The zero-order chi connectivity index (χ0) is 25.6. The molecule has 0 aromatic carbocycles. The molecule has 2 aromatic rings. The smallest absolute Gasteiger partial charge is 0.243 e. The number of carbonyl (C=O) groups is 1. The lowest BCUT2D eigenvalue weighted by molar-refractivity contribution is -0.703. The number of ether oxygens (including phenoxy) is 3. The van der Waals surface area contributed by atoms with Gasteiger partial charge in [-0.15, -0.1) is 0 Å². The van der Waals surface area contributed by atoms with E-state index in [0.717, 1.165) is 0 Å². The molecular weight excluding hydrogens is 456 g/mol. The molecule has 0 fully saturated rings. The van der Waals surface area contributed by atoms with Crippen molar-refractivity contribution in [2.45, 2.75) is 70.7 Å². The van der Waals surface area contributed by atoms with Gasteiger partial charge in [-0.3, -0.25) is 4.79 Å². The van der Waals surface area contributed by atoms with Gasteiger partial charge in [-0.05, 0) is 6.42 Å². The molecule has 35 heavy (non-hydrogen) atoms. The van der Waals surface area contributed by atoms with Crippen molar-refractivity contribution in [1.29, 1.82) is 0 Å².